The molecule has 0 spiro atoms. The van der Waals surface area contributed by atoms with Crippen LogP contribution in [0.15, 0.2) is 54.6 Å². The Morgan fingerprint density at radius 1 is 0.962 bits per heavy atom. The van der Waals surface area contributed by atoms with Gasteiger partial charge in [-0.3, -0.25) is 25.4 Å². The van der Waals surface area contributed by atoms with Gasteiger partial charge in [-0.25, -0.2) is 0 Å². The molecule has 0 aliphatic heterocycles. The number of aromatic nitrogens is 1. The van der Waals surface area contributed by atoms with Gasteiger partial charge >= 0.3 is 0 Å². The maximum atomic E-state index is 12.7. The second-order valence-corrected chi connectivity index (χ2v) is 6.66. The Kier molecular flexibility index (Phi) is 4.13. The maximum absolute atomic E-state index is 12.7. The lowest BCUT2D eigenvalue weighted by Gasteiger charge is -2.11. The second-order valence-electron chi connectivity index (χ2n) is 6.66. The summed E-state index contributed by atoms with van der Waals surface area (Å²) in [5.41, 5.74) is 8.85. The van der Waals surface area contributed by atoms with E-state index < -0.39 is 0 Å². The van der Waals surface area contributed by atoms with Gasteiger partial charge in [0.25, 0.3) is 11.8 Å². The smallest absolute Gasteiger partial charge is 0.267 e. The Balaban J connectivity index is 1.56. The van der Waals surface area contributed by atoms with Gasteiger partial charge in [0.1, 0.15) is 0 Å². The molecule has 2 amide bonds. The Hall–Kier alpha value is -3.21. The van der Waals surface area contributed by atoms with Gasteiger partial charge in [0.15, 0.2) is 0 Å². The Labute approximate surface area is 151 Å². The molecule has 0 bridgehead atoms. The fraction of sp³-hybridized carbons (Fsp3) is 0.190. The van der Waals surface area contributed by atoms with Gasteiger partial charge in [-0.1, -0.05) is 35.9 Å². The Morgan fingerprint density at radius 2 is 1.65 bits per heavy atom. The van der Waals surface area contributed by atoms with E-state index in [0.717, 1.165) is 35.0 Å². The molecule has 5 nitrogen and oxygen atoms in total. The molecular weight excluding hydrogens is 326 g/mol. The summed E-state index contributed by atoms with van der Waals surface area (Å²) in [4.78, 5) is 29.6. The van der Waals surface area contributed by atoms with Crippen molar-refractivity contribution in [3.63, 3.8) is 0 Å². The molecule has 1 heterocycles. The number of carbonyl (C=O) groups excluding carboxylic acids is 2. The maximum Gasteiger partial charge on any atom is 0.270 e. The number of carbonyl (C=O) groups is 2. The standard InChI is InChI=1S/C21H19N3O2/c1-13-6-8-15(9-7-13)20(25)23-24-21(26)17-12-19(14-10-11-14)22-18-5-3-2-4-16(17)18/h2-9,12,14H,10-11H2,1H3,(H,23,25)(H,24,26). The van der Waals surface area contributed by atoms with E-state index in [1.165, 1.54) is 0 Å². The fourth-order valence-electron chi connectivity index (χ4n) is 2.93. The van der Waals surface area contributed by atoms with Crippen molar-refractivity contribution >= 4 is 22.7 Å². The summed E-state index contributed by atoms with van der Waals surface area (Å²) in [6.45, 7) is 1.95. The molecule has 0 saturated heterocycles. The zero-order valence-corrected chi connectivity index (χ0v) is 14.5. The summed E-state index contributed by atoms with van der Waals surface area (Å²) in [7, 11) is 0. The predicted molar refractivity (Wildman–Crippen MR) is 99.8 cm³/mol. The largest absolute Gasteiger partial charge is 0.270 e. The number of para-hydroxylation sites is 1. The van der Waals surface area contributed by atoms with E-state index >= 15 is 0 Å². The van der Waals surface area contributed by atoms with Crippen LogP contribution in [0.3, 0.4) is 0 Å². The first-order valence-electron chi connectivity index (χ1n) is 8.69. The molecule has 26 heavy (non-hydrogen) atoms. The third-order valence-corrected chi connectivity index (χ3v) is 4.58. The average Bonchev–Trinajstić information content (AvgIpc) is 3.51. The van der Waals surface area contributed by atoms with Crippen molar-refractivity contribution in [2.75, 3.05) is 0 Å². The van der Waals surface area contributed by atoms with Crippen molar-refractivity contribution in [3.05, 3.63) is 77.0 Å². The van der Waals surface area contributed by atoms with Crippen LogP contribution in [-0.4, -0.2) is 16.8 Å². The highest BCUT2D eigenvalue weighted by Crippen LogP contribution is 2.40. The molecule has 1 aliphatic carbocycles. The van der Waals surface area contributed by atoms with Crippen molar-refractivity contribution in [3.8, 4) is 0 Å². The Morgan fingerprint density at radius 3 is 2.38 bits per heavy atom. The minimum absolute atomic E-state index is 0.342. The first-order chi connectivity index (χ1) is 12.6. The van der Waals surface area contributed by atoms with Crippen molar-refractivity contribution in [2.24, 2.45) is 0 Å². The number of rotatable bonds is 3. The first kappa shape index (κ1) is 16.3. The number of hydrazine groups is 1. The molecule has 130 valence electrons. The monoisotopic (exact) mass is 345 g/mol. The molecule has 5 heteroatoms. The van der Waals surface area contributed by atoms with E-state index in [1.807, 2.05) is 49.4 Å². The van der Waals surface area contributed by atoms with Crippen molar-refractivity contribution in [2.45, 2.75) is 25.7 Å². The lowest BCUT2D eigenvalue weighted by Crippen LogP contribution is -2.41. The quantitative estimate of drug-likeness (QED) is 0.714. The topological polar surface area (TPSA) is 71.1 Å². The van der Waals surface area contributed by atoms with E-state index in [-0.39, 0.29) is 11.8 Å². The Bertz CT molecular complexity index is 992. The van der Waals surface area contributed by atoms with Gasteiger partial charge in [0.2, 0.25) is 0 Å². The number of amides is 2. The number of pyridine rings is 1. The summed E-state index contributed by atoms with van der Waals surface area (Å²) < 4.78 is 0. The van der Waals surface area contributed by atoms with Crippen molar-refractivity contribution in [1.82, 2.24) is 15.8 Å². The third-order valence-electron chi connectivity index (χ3n) is 4.58. The fourth-order valence-corrected chi connectivity index (χ4v) is 2.93. The van der Waals surface area contributed by atoms with Crippen molar-refractivity contribution in [1.29, 1.82) is 0 Å². The zero-order valence-electron chi connectivity index (χ0n) is 14.5. The van der Waals surface area contributed by atoms with E-state index in [4.69, 9.17) is 0 Å². The molecule has 0 radical (unpaired) electrons. The van der Waals surface area contributed by atoms with Crippen molar-refractivity contribution < 1.29 is 9.59 Å². The molecule has 0 atom stereocenters. The van der Waals surface area contributed by atoms with Gasteiger partial charge in [-0.2, -0.15) is 0 Å². The molecule has 1 saturated carbocycles. The van der Waals surface area contributed by atoms with E-state index in [2.05, 4.69) is 15.8 Å². The van der Waals surface area contributed by atoms with Crippen LogP contribution in [0.5, 0.6) is 0 Å². The molecule has 1 aliphatic rings. The molecule has 1 fully saturated rings. The molecule has 3 aromatic rings. The summed E-state index contributed by atoms with van der Waals surface area (Å²) in [5.74, 6) is -0.251. The number of fused-ring (bicyclic) bond motifs is 1. The number of hydrogen-bond donors (Lipinski definition) is 2. The molecule has 0 unspecified atom stereocenters. The number of aryl methyl sites for hydroxylation is 1. The van der Waals surface area contributed by atoms with E-state index in [1.54, 1.807) is 12.1 Å². The molecule has 2 aromatic carbocycles. The van der Waals surface area contributed by atoms with E-state index in [0.29, 0.717) is 17.0 Å². The zero-order chi connectivity index (χ0) is 18.1. The van der Waals surface area contributed by atoms with Gasteiger partial charge in [-0.05, 0) is 44.0 Å². The van der Waals surface area contributed by atoms with Crippen LogP contribution in [0, 0.1) is 6.92 Å². The van der Waals surface area contributed by atoms with Crippen LogP contribution in [0.4, 0.5) is 0 Å². The summed E-state index contributed by atoms with van der Waals surface area (Å²) >= 11 is 0. The van der Waals surface area contributed by atoms with Gasteiger partial charge in [0.05, 0.1) is 11.1 Å². The van der Waals surface area contributed by atoms with Crippen LogP contribution >= 0.6 is 0 Å². The highest BCUT2D eigenvalue weighted by Gasteiger charge is 2.27. The lowest BCUT2D eigenvalue weighted by molar-refractivity contribution is 0.0847. The van der Waals surface area contributed by atoms with E-state index in [9.17, 15) is 9.59 Å². The van der Waals surface area contributed by atoms with Gasteiger partial charge in [-0.15, -0.1) is 0 Å². The van der Waals surface area contributed by atoms with Gasteiger partial charge in [0, 0.05) is 22.6 Å². The van der Waals surface area contributed by atoms with Crippen LogP contribution < -0.4 is 10.9 Å². The predicted octanol–water partition coefficient (Wildman–Crippen LogP) is 3.50. The number of nitrogens with zero attached hydrogens (tertiary/aromatic N) is 1. The molecule has 1 aromatic heterocycles. The molecule has 2 N–H and O–H groups in total. The SMILES string of the molecule is Cc1ccc(C(=O)NNC(=O)c2cc(C3CC3)nc3ccccc23)cc1. The second kappa shape index (κ2) is 6.59. The highest BCUT2D eigenvalue weighted by molar-refractivity contribution is 6.07. The summed E-state index contributed by atoms with van der Waals surface area (Å²) in [5, 5.41) is 0.777. The summed E-state index contributed by atoms with van der Waals surface area (Å²) in [6.07, 6.45) is 2.22. The van der Waals surface area contributed by atoms with Gasteiger partial charge < -0.3 is 0 Å². The summed E-state index contributed by atoms with van der Waals surface area (Å²) in [6, 6.07) is 16.6. The average molecular weight is 345 g/mol. The van der Waals surface area contributed by atoms with Crippen LogP contribution in [-0.2, 0) is 0 Å². The first-order valence-corrected chi connectivity index (χ1v) is 8.69. The third kappa shape index (κ3) is 3.28. The number of nitrogens with one attached hydrogen (secondary N) is 2. The lowest BCUT2D eigenvalue weighted by atomic mass is 10.1. The number of hydrogen-bond acceptors (Lipinski definition) is 3. The number of benzene rings is 2. The molecule has 4 rings (SSSR count). The van der Waals surface area contributed by atoms with Crippen LogP contribution in [0.1, 0.15) is 50.7 Å². The minimum Gasteiger partial charge on any atom is -0.267 e. The normalized spacial score (nSPS) is 13.4. The van der Waals surface area contributed by atoms with Crippen LogP contribution in [0.25, 0.3) is 10.9 Å². The minimum atomic E-state index is -0.348. The highest BCUT2D eigenvalue weighted by atomic mass is 16.2. The molecular formula is C21H19N3O2. The van der Waals surface area contributed by atoms with Crippen LogP contribution in [0.2, 0.25) is 0 Å².